The molecule has 0 saturated carbocycles. The van der Waals surface area contributed by atoms with E-state index in [0.717, 1.165) is 35.1 Å². The van der Waals surface area contributed by atoms with Crippen molar-refractivity contribution in [1.82, 2.24) is 15.0 Å². The molecule has 0 aromatic carbocycles. The van der Waals surface area contributed by atoms with Crippen molar-refractivity contribution in [3.63, 3.8) is 0 Å². The predicted octanol–water partition coefficient (Wildman–Crippen LogP) is 2.56. The average molecular weight is 305 g/mol. The molecule has 2 aromatic rings. The highest BCUT2D eigenvalue weighted by Gasteiger charge is 2.02. The van der Waals surface area contributed by atoms with Crippen LogP contribution in [-0.2, 0) is 17.9 Å². The number of H-pyrrole nitrogens is 1. The van der Waals surface area contributed by atoms with Crippen LogP contribution >= 0.6 is 11.8 Å². The molecule has 112 valence electrons. The Morgan fingerprint density at radius 2 is 2.10 bits per heavy atom. The molecule has 0 aliphatic heterocycles. The van der Waals surface area contributed by atoms with Crippen LogP contribution in [-0.4, -0.2) is 21.6 Å². The first-order valence-corrected chi connectivity index (χ1v) is 8.11. The van der Waals surface area contributed by atoms with E-state index < -0.39 is 0 Å². The van der Waals surface area contributed by atoms with E-state index in [1.54, 1.807) is 24.0 Å². The number of nitrogens with zero attached hydrogens (tertiary/aromatic N) is 2. The van der Waals surface area contributed by atoms with E-state index in [0.29, 0.717) is 12.4 Å². The Balaban J connectivity index is 1.89. The first-order chi connectivity index (χ1) is 10.2. The summed E-state index contributed by atoms with van der Waals surface area (Å²) in [6.07, 6.45) is 2.50. The summed E-state index contributed by atoms with van der Waals surface area (Å²) in [5.74, 6) is 2.94. The minimum atomic E-state index is -0.0864. The van der Waals surface area contributed by atoms with Gasteiger partial charge in [0.2, 0.25) is 0 Å². The number of hydrogen-bond donors (Lipinski definition) is 1. The second-order valence-corrected chi connectivity index (χ2v) is 5.43. The maximum absolute atomic E-state index is 11.5. The second kappa shape index (κ2) is 7.83. The summed E-state index contributed by atoms with van der Waals surface area (Å²) in [6, 6.07) is 5.42. The maximum Gasteiger partial charge on any atom is 0.251 e. The SMILES string of the molecule is CCOc1ccc(CSCc2nc(CC)cc(=O)[nH]2)nc1. The van der Waals surface area contributed by atoms with E-state index in [9.17, 15) is 4.79 Å². The molecule has 0 aliphatic rings. The van der Waals surface area contributed by atoms with Crippen molar-refractivity contribution >= 4 is 11.8 Å². The Bertz CT molecular complexity index is 626. The molecule has 0 unspecified atom stereocenters. The number of ether oxygens (including phenoxy) is 1. The van der Waals surface area contributed by atoms with Gasteiger partial charge in [0.25, 0.3) is 5.56 Å². The third kappa shape index (κ3) is 4.90. The first-order valence-electron chi connectivity index (χ1n) is 6.95. The van der Waals surface area contributed by atoms with Gasteiger partial charge >= 0.3 is 0 Å². The highest BCUT2D eigenvalue weighted by molar-refractivity contribution is 7.97. The summed E-state index contributed by atoms with van der Waals surface area (Å²) in [5, 5.41) is 0. The van der Waals surface area contributed by atoms with E-state index >= 15 is 0 Å². The van der Waals surface area contributed by atoms with Crippen molar-refractivity contribution in [2.24, 2.45) is 0 Å². The zero-order chi connectivity index (χ0) is 15.1. The molecule has 2 heterocycles. The summed E-state index contributed by atoms with van der Waals surface area (Å²) in [5.41, 5.74) is 1.72. The average Bonchev–Trinajstić information content (AvgIpc) is 2.49. The molecule has 0 radical (unpaired) electrons. The van der Waals surface area contributed by atoms with Gasteiger partial charge in [-0.15, -0.1) is 11.8 Å². The molecule has 0 atom stereocenters. The summed E-state index contributed by atoms with van der Waals surface area (Å²) >= 11 is 1.67. The minimum absolute atomic E-state index is 0.0864. The minimum Gasteiger partial charge on any atom is -0.492 e. The Hall–Kier alpha value is -1.82. The molecule has 0 aliphatic carbocycles. The van der Waals surface area contributed by atoms with E-state index in [-0.39, 0.29) is 5.56 Å². The van der Waals surface area contributed by atoms with Crippen LogP contribution in [0.3, 0.4) is 0 Å². The van der Waals surface area contributed by atoms with E-state index in [2.05, 4.69) is 15.0 Å². The third-order valence-electron chi connectivity index (χ3n) is 2.80. The van der Waals surface area contributed by atoms with Crippen LogP contribution in [0.4, 0.5) is 0 Å². The van der Waals surface area contributed by atoms with E-state index in [4.69, 9.17) is 4.74 Å². The second-order valence-electron chi connectivity index (χ2n) is 4.45. The van der Waals surface area contributed by atoms with Crippen LogP contribution in [0.2, 0.25) is 0 Å². The van der Waals surface area contributed by atoms with Crippen molar-refractivity contribution in [2.75, 3.05) is 6.61 Å². The summed E-state index contributed by atoms with van der Waals surface area (Å²) in [7, 11) is 0. The largest absolute Gasteiger partial charge is 0.492 e. The summed E-state index contributed by atoms with van der Waals surface area (Å²) < 4.78 is 5.35. The molecule has 6 heteroatoms. The van der Waals surface area contributed by atoms with E-state index in [1.807, 2.05) is 26.0 Å². The van der Waals surface area contributed by atoms with Gasteiger partial charge in [0.05, 0.1) is 24.3 Å². The lowest BCUT2D eigenvalue weighted by Gasteiger charge is -2.05. The number of rotatable bonds is 7. The fourth-order valence-electron chi connectivity index (χ4n) is 1.81. The smallest absolute Gasteiger partial charge is 0.251 e. The van der Waals surface area contributed by atoms with Gasteiger partial charge in [0.15, 0.2) is 0 Å². The zero-order valence-electron chi connectivity index (χ0n) is 12.3. The van der Waals surface area contributed by atoms with Crippen molar-refractivity contribution in [3.8, 4) is 5.75 Å². The first kappa shape index (κ1) is 15.6. The molecule has 0 amide bonds. The van der Waals surface area contributed by atoms with Crippen LogP contribution in [0.15, 0.2) is 29.2 Å². The Morgan fingerprint density at radius 3 is 2.76 bits per heavy atom. The van der Waals surface area contributed by atoms with Crippen LogP contribution in [0.25, 0.3) is 0 Å². The quantitative estimate of drug-likeness (QED) is 0.851. The molecule has 0 spiro atoms. The molecular formula is C15H19N3O2S. The standard InChI is InChI=1S/C15H19N3O2S/c1-3-11-7-15(19)18-14(17-11)10-21-9-12-5-6-13(8-16-12)20-4-2/h5-8H,3-4,9-10H2,1-2H3,(H,17,18,19). The van der Waals surface area contributed by atoms with Gasteiger partial charge in [-0.1, -0.05) is 6.92 Å². The number of aromatic amines is 1. The van der Waals surface area contributed by atoms with Crippen molar-refractivity contribution in [2.45, 2.75) is 31.8 Å². The number of thioether (sulfide) groups is 1. The van der Waals surface area contributed by atoms with Crippen LogP contribution in [0, 0.1) is 0 Å². The third-order valence-corrected chi connectivity index (χ3v) is 3.78. The predicted molar refractivity (Wildman–Crippen MR) is 84.6 cm³/mol. The molecule has 2 rings (SSSR count). The normalized spacial score (nSPS) is 10.6. The topological polar surface area (TPSA) is 67.9 Å². The number of hydrogen-bond acceptors (Lipinski definition) is 5. The molecule has 0 bridgehead atoms. The maximum atomic E-state index is 11.5. The van der Waals surface area contributed by atoms with Gasteiger partial charge in [-0.3, -0.25) is 9.78 Å². The lowest BCUT2D eigenvalue weighted by Crippen LogP contribution is -2.11. The lowest BCUT2D eigenvalue weighted by molar-refractivity contribution is 0.338. The molecular weight excluding hydrogens is 286 g/mol. The van der Waals surface area contributed by atoms with Gasteiger partial charge in [0, 0.05) is 17.5 Å². The molecule has 5 nitrogen and oxygen atoms in total. The van der Waals surface area contributed by atoms with Crippen LogP contribution in [0.5, 0.6) is 5.75 Å². The summed E-state index contributed by atoms with van der Waals surface area (Å²) in [6.45, 7) is 4.58. The Kier molecular flexibility index (Phi) is 5.80. The zero-order valence-corrected chi connectivity index (χ0v) is 13.1. The van der Waals surface area contributed by atoms with Crippen LogP contribution in [0.1, 0.15) is 31.1 Å². The number of pyridine rings is 1. The van der Waals surface area contributed by atoms with Gasteiger partial charge in [-0.2, -0.15) is 0 Å². The molecule has 1 N–H and O–H groups in total. The lowest BCUT2D eigenvalue weighted by atomic mass is 10.3. The molecule has 2 aromatic heterocycles. The van der Waals surface area contributed by atoms with Crippen molar-refractivity contribution in [1.29, 1.82) is 0 Å². The molecule has 0 fully saturated rings. The van der Waals surface area contributed by atoms with Gasteiger partial charge < -0.3 is 9.72 Å². The van der Waals surface area contributed by atoms with Gasteiger partial charge in [0.1, 0.15) is 11.6 Å². The number of nitrogens with one attached hydrogen (secondary N) is 1. The van der Waals surface area contributed by atoms with Crippen molar-refractivity contribution < 1.29 is 4.74 Å². The van der Waals surface area contributed by atoms with Gasteiger partial charge in [-0.05, 0) is 25.5 Å². The molecule has 21 heavy (non-hydrogen) atoms. The Morgan fingerprint density at radius 1 is 1.24 bits per heavy atom. The van der Waals surface area contributed by atoms with Crippen LogP contribution < -0.4 is 10.3 Å². The van der Waals surface area contributed by atoms with Crippen molar-refractivity contribution in [3.05, 3.63) is 52.0 Å². The number of aryl methyl sites for hydroxylation is 1. The monoisotopic (exact) mass is 305 g/mol. The fourth-order valence-corrected chi connectivity index (χ4v) is 2.63. The van der Waals surface area contributed by atoms with E-state index in [1.165, 1.54) is 0 Å². The molecule has 0 saturated heterocycles. The number of aromatic nitrogens is 3. The highest BCUT2D eigenvalue weighted by atomic mass is 32.2. The highest BCUT2D eigenvalue weighted by Crippen LogP contribution is 2.16. The summed E-state index contributed by atoms with van der Waals surface area (Å²) in [4.78, 5) is 23.0. The Labute approximate surface area is 128 Å². The fraction of sp³-hybridized carbons (Fsp3) is 0.400. The van der Waals surface area contributed by atoms with Gasteiger partial charge in [-0.25, -0.2) is 4.98 Å².